The highest BCUT2D eigenvalue weighted by Gasteiger charge is 2.13. The second kappa shape index (κ2) is 9.72. The quantitative estimate of drug-likeness (QED) is 0.747. The molecular weight excluding hydrogens is 350 g/mol. The molecule has 0 aliphatic heterocycles. The van der Waals surface area contributed by atoms with E-state index in [1.54, 1.807) is 40.6 Å². The number of nitrogens with zero attached hydrogens (tertiary/aromatic N) is 1. The van der Waals surface area contributed by atoms with Gasteiger partial charge in [0.25, 0.3) is 11.8 Å². The molecule has 0 fully saturated rings. The van der Waals surface area contributed by atoms with Crippen molar-refractivity contribution in [2.24, 2.45) is 0 Å². The Kier molecular flexibility index (Phi) is 7.35. The van der Waals surface area contributed by atoms with Crippen molar-refractivity contribution in [1.29, 1.82) is 0 Å². The molecule has 26 heavy (non-hydrogen) atoms. The van der Waals surface area contributed by atoms with Crippen LogP contribution in [-0.2, 0) is 4.79 Å². The molecule has 2 rings (SSSR count). The average molecular weight is 373 g/mol. The van der Waals surface area contributed by atoms with Crippen molar-refractivity contribution in [1.82, 2.24) is 10.2 Å². The van der Waals surface area contributed by atoms with Crippen molar-refractivity contribution in [2.45, 2.75) is 20.3 Å². The third kappa shape index (κ3) is 5.42. The third-order valence-electron chi connectivity index (χ3n) is 3.86. The van der Waals surface area contributed by atoms with Gasteiger partial charge in [0.15, 0.2) is 0 Å². The van der Waals surface area contributed by atoms with Gasteiger partial charge >= 0.3 is 0 Å². The van der Waals surface area contributed by atoms with Crippen LogP contribution in [0.1, 0.15) is 41.0 Å². The zero-order chi connectivity index (χ0) is 18.9. The van der Waals surface area contributed by atoms with Gasteiger partial charge < -0.3 is 15.5 Å². The molecule has 3 amide bonds. The standard InChI is InChI=1S/C19H23N3O3S/c1-3-22(4-2)19(25)14-6-5-7-16(12-14)21-17(23)8-10-20-18(24)15-9-11-26-13-15/h5-7,9,11-13H,3-4,8,10H2,1-2H3,(H,20,24)(H,21,23). The molecular formula is C19H23N3O3S. The minimum atomic E-state index is -0.219. The lowest BCUT2D eigenvalue weighted by molar-refractivity contribution is -0.116. The van der Waals surface area contributed by atoms with Crippen LogP contribution in [0.15, 0.2) is 41.1 Å². The number of hydrogen-bond donors (Lipinski definition) is 2. The van der Waals surface area contributed by atoms with Gasteiger partial charge in [0.2, 0.25) is 5.91 Å². The van der Waals surface area contributed by atoms with E-state index in [1.165, 1.54) is 11.3 Å². The van der Waals surface area contributed by atoms with Gasteiger partial charge in [-0.2, -0.15) is 11.3 Å². The number of thiophene rings is 1. The van der Waals surface area contributed by atoms with E-state index in [-0.39, 0.29) is 30.7 Å². The van der Waals surface area contributed by atoms with Gasteiger partial charge in [-0.15, -0.1) is 0 Å². The summed E-state index contributed by atoms with van der Waals surface area (Å²) in [5, 5.41) is 9.05. The van der Waals surface area contributed by atoms with Crippen LogP contribution in [0, 0.1) is 0 Å². The fraction of sp³-hybridized carbons (Fsp3) is 0.316. The van der Waals surface area contributed by atoms with Crippen molar-refractivity contribution in [3.05, 3.63) is 52.2 Å². The average Bonchev–Trinajstić information content (AvgIpc) is 3.17. The topological polar surface area (TPSA) is 78.5 Å². The van der Waals surface area contributed by atoms with Crippen molar-refractivity contribution in [3.8, 4) is 0 Å². The number of rotatable bonds is 8. The van der Waals surface area contributed by atoms with Crippen LogP contribution >= 0.6 is 11.3 Å². The molecule has 0 atom stereocenters. The first-order chi connectivity index (χ1) is 12.5. The fourth-order valence-electron chi connectivity index (χ4n) is 2.43. The van der Waals surface area contributed by atoms with E-state index in [0.717, 1.165) is 0 Å². The monoisotopic (exact) mass is 373 g/mol. The van der Waals surface area contributed by atoms with E-state index in [4.69, 9.17) is 0 Å². The van der Waals surface area contributed by atoms with Crippen molar-refractivity contribution < 1.29 is 14.4 Å². The van der Waals surface area contributed by atoms with Gasteiger partial charge in [-0.05, 0) is 43.5 Å². The summed E-state index contributed by atoms with van der Waals surface area (Å²) in [4.78, 5) is 38.0. The summed E-state index contributed by atoms with van der Waals surface area (Å²) in [6, 6.07) is 8.61. The smallest absolute Gasteiger partial charge is 0.253 e. The molecule has 1 heterocycles. The molecule has 1 aromatic heterocycles. The lowest BCUT2D eigenvalue weighted by Gasteiger charge is -2.19. The molecule has 0 saturated carbocycles. The van der Waals surface area contributed by atoms with Crippen molar-refractivity contribution in [3.63, 3.8) is 0 Å². The minimum Gasteiger partial charge on any atom is -0.351 e. The van der Waals surface area contributed by atoms with Crippen LogP contribution in [-0.4, -0.2) is 42.3 Å². The van der Waals surface area contributed by atoms with E-state index >= 15 is 0 Å². The Balaban J connectivity index is 1.86. The largest absolute Gasteiger partial charge is 0.351 e. The number of hydrogen-bond acceptors (Lipinski definition) is 4. The molecule has 2 aromatic rings. The molecule has 0 bridgehead atoms. The number of amides is 3. The molecule has 0 spiro atoms. The van der Waals surface area contributed by atoms with Crippen LogP contribution in [0.5, 0.6) is 0 Å². The summed E-state index contributed by atoms with van der Waals surface area (Å²) < 4.78 is 0. The highest BCUT2D eigenvalue weighted by Crippen LogP contribution is 2.13. The zero-order valence-corrected chi connectivity index (χ0v) is 15.8. The zero-order valence-electron chi connectivity index (χ0n) is 15.0. The summed E-state index contributed by atoms with van der Waals surface area (Å²) in [6.07, 6.45) is 0.157. The molecule has 0 unspecified atom stereocenters. The van der Waals surface area contributed by atoms with Crippen LogP contribution in [0.3, 0.4) is 0 Å². The van der Waals surface area contributed by atoms with E-state index < -0.39 is 0 Å². The Hall–Kier alpha value is -2.67. The Bertz CT molecular complexity index is 755. The maximum atomic E-state index is 12.4. The Morgan fingerprint density at radius 1 is 1.08 bits per heavy atom. The van der Waals surface area contributed by atoms with E-state index in [2.05, 4.69) is 10.6 Å². The summed E-state index contributed by atoms with van der Waals surface area (Å²) >= 11 is 1.45. The lowest BCUT2D eigenvalue weighted by Crippen LogP contribution is -2.30. The van der Waals surface area contributed by atoms with Gasteiger partial charge in [-0.25, -0.2) is 0 Å². The first-order valence-corrected chi connectivity index (χ1v) is 9.49. The van der Waals surface area contributed by atoms with Gasteiger partial charge in [0.05, 0.1) is 0 Å². The third-order valence-corrected chi connectivity index (χ3v) is 4.55. The van der Waals surface area contributed by atoms with Crippen molar-refractivity contribution >= 4 is 34.7 Å². The minimum absolute atomic E-state index is 0.0610. The number of anilines is 1. The van der Waals surface area contributed by atoms with Crippen molar-refractivity contribution in [2.75, 3.05) is 25.0 Å². The summed E-state index contributed by atoms with van der Waals surface area (Å²) in [7, 11) is 0. The van der Waals surface area contributed by atoms with Gasteiger partial charge in [-0.1, -0.05) is 6.07 Å². The fourth-order valence-corrected chi connectivity index (χ4v) is 3.07. The molecule has 0 aliphatic carbocycles. The van der Waals surface area contributed by atoms with Crippen LogP contribution in [0.4, 0.5) is 5.69 Å². The van der Waals surface area contributed by atoms with Gasteiger partial charge in [0, 0.05) is 48.2 Å². The summed E-state index contributed by atoms with van der Waals surface area (Å²) in [6.45, 7) is 5.37. The highest BCUT2D eigenvalue weighted by molar-refractivity contribution is 7.08. The van der Waals surface area contributed by atoms with Crippen LogP contribution in [0.25, 0.3) is 0 Å². The molecule has 0 radical (unpaired) electrons. The maximum absolute atomic E-state index is 12.4. The molecule has 0 aliphatic rings. The molecule has 2 N–H and O–H groups in total. The normalized spacial score (nSPS) is 10.2. The molecule has 1 aromatic carbocycles. The second-order valence-corrected chi connectivity index (χ2v) is 6.40. The molecule has 6 nitrogen and oxygen atoms in total. The van der Waals surface area contributed by atoms with E-state index in [9.17, 15) is 14.4 Å². The number of carbonyl (C=O) groups excluding carboxylic acids is 3. The lowest BCUT2D eigenvalue weighted by atomic mass is 10.1. The predicted octanol–water partition coefficient (Wildman–Crippen LogP) is 2.99. The molecule has 138 valence electrons. The van der Waals surface area contributed by atoms with Crippen LogP contribution in [0.2, 0.25) is 0 Å². The Labute approximate surface area is 157 Å². The van der Waals surface area contributed by atoms with Gasteiger partial charge in [-0.3, -0.25) is 14.4 Å². The van der Waals surface area contributed by atoms with E-state index in [0.29, 0.717) is 29.9 Å². The maximum Gasteiger partial charge on any atom is 0.253 e. The SMILES string of the molecule is CCN(CC)C(=O)c1cccc(NC(=O)CCNC(=O)c2ccsc2)c1. The highest BCUT2D eigenvalue weighted by atomic mass is 32.1. The second-order valence-electron chi connectivity index (χ2n) is 5.62. The summed E-state index contributed by atoms with van der Waals surface area (Å²) in [5.41, 5.74) is 1.70. The summed E-state index contributed by atoms with van der Waals surface area (Å²) in [5.74, 6) is -0.469. The predicted molar refractivity (Wildman–Crippen MR) is 104 cm³/mol. The van der Waals surface area contributed by atoms with Crippen LogP contribution < -0.4 is 10.6 Å². The first kappa shape index (κ1) is 19.7. The number of benzene rings is 1. The Morgan fingerprint density at radius 2 is 1.85 bits per heavy atom. The molecule has 0 saturated heterocycles. The van der Waals surface area contributed by atoms with E-state index in [1.807, 2.05) is 19.2 Å². The van der Waals surface area contributed by atoms with Gasteiger partial charge in [0.1, 0.15) is 0 Å². The number of nitrogens with one attached hydrogen (secondary N) is 2. The Morgan fingerprint density at radius 3 is 2.50 bits per heavy atom. The first-order valence-electron chi connectivity index (χ1n) is 8.54. The number of carbonyl (C=O) groups is 3. The molecule has 7 heteroatoms.